The lowest BCUT2D eigenvalue weighted by molar-refractivity contribution is -0.127. The Kier molecular flexibility index (Phi) is 9.84. The summed E-state index contributed by atoms with van der Waals surface area (Å²) in [6.45, 7) is -0.0734. The lowest BCUT2D eigenvalue weighted by atomic mass is 9.95. The summed E-state index contributed by atoms with van der Waals surface area (Å²) < 4.78 is 0.670. The van der Waals surface area contributed by atoms with Crippen LogP contribution in [0, 0.1) is 0 Å². The van der Waals surface area contributed by atoms with Gasteiger partial charge in [0.25, 0.3) is 5.91 Å². The molecule has 0 aliphatic heterocycles. The molecule has 1 saturated carbocycles. The van der Waals surface area contributed by atoms with Crippen LogP contribution in [-0.4, -0.2) is 48.4 Å². The zero-order chi connectivity index (χ0) is 20.4. The summed E-state index contributed by atoms with van der Waals surface area (Å²) >= 11 is 4.96. The highest BCUT2D eigenvalue weighted by molar-refractivity contribution is 9.10. The van der Waals surface area contributed by atoms with Crippen LogP contribution < -0.4 is 16.0 Å². The molecule has 0 spiro atoms. The predicted octanol–water partition coefficient (Wildman–Crippen LogP) is 2.87. The monoisotopic (exact) mass is 469 g/mol. The molecule has 1 aliphatic carbocycles. The Morgan fingerprint density at radius 1 is 1.18 bits per heavy atom. The summed E-state index contributed by atoms with van der Waals surface area (Å²) in [5.41, 5.74) is 0.472. The van der Waals surface area contributed by atoms with Crippen molar-refractivity contribution in [2.45, 2.75) is 50.6 Å². The van der Waals surface area contributed by atoms with Crippen molar-refractivity contribution in [3.8, 4) is 0 Å². The molecule has 0 aromatic heterocycles. The van der Waals surface area contributed by atoms with Gasteiger partial charge in [-0.05, 0) is 59.3 Å². The van der Waals surface area contributed by atoms with Crippen molar-refractivity contribution in [1.29, 1.82) is 0 Å². The normalized spacial score (nSPS) is 15.5. The first-order chi connectivity index (χ1) is 13.5. The van der Waals surface area contributed by atoms with Gasteiger partial charge in [0.05, 0.1) is 12.1 Å². The average Bonchev–Trinajstić information content (AvgIpc) is 2.70. The number of carbonyl (C=O) groups excluding carboxylic acids is 3. The van der Waals surface area contributed by atoms with Gasteiger partial charge in [-0.2, -0.15) is 11.8 Å². The number of benzene rings is 1. The molecule has 3 N–H and O–H groups in total. The van der Waals surface area contributed by atoms with Gasteiger partial charge in [-0.25, -0.2) is 0 Å². The van der Waals surface area contributed by atoms with Crippen molar-refractivity contribution in [2.75, 3.05) is 18.6 Å². The Hall–Kier alpha value is -1.54. The van der Waals surface area contributed by atoms with Gasteiger partial charge in [0.2, 0.25) is 11.8 Å². The highest BCUT2D eigenvalue weighted by Gasteiger charge is 2.23. The van der Waals surface area contributed by atoms with E-state index in [1.807, 2.05) is 12.3 Å². The van der Waals surface area contributed by atoms with E-state index < -0.39 is 6.04 Å². The third-order valence-electron chi connectivity index (χ3n) is 4.74. The number of amides is 3. The van der Waals surface area contributed by atoms with Crippen LogP contribution in [0.3, 0.4) is 0 Å². The molecular formula is C20H28BrN3O3S. The first-order valence-corrected chi connectivity index (χ1v) is 11.8. The second kappa shape index (κ2) is 12.1. The molecule has 6 nitrogen and oxygen atoms in total. The van der Waals surface area contributed by atoms with Gasteiger partial charge in [-0.15, -0.1) is 0 Å². The van der Waals surface area contributed by atoms with Gasteiger partial charge in [0, 0.05) is 10.5 Å². The fraction of sp³-hybridized carbons (Fsp3) is 0.550. The highest BCUT2D eigenvalue weighted by Crippen LogP contribution is 2.17. The van der Waals surface area contributed by atoms with Gasteiger partial charge in [-0.1, -0.05) is 31.4 Å². The molecule has 0 heterocycles. The summed E-state index contributed by atoms with van der Waals surface area (Å²) in [6.07, 6.45) is 7.92. The maximum absolute atomic E-state index is 12.6. The molecule has 0 radical (unpaired) electrons. The Morgan fingerprint density at radius 2 is 1.89 bits per heavy atom. The largest absolute Gasteiger partial charge is 0.352 e. The van der Waals surface area contributed by atoms with Crippen LogP contribution in [0.15, 0.2) is 28.7 Å². The lowest BCUT2D eigenvalue weighted by Crippen LogP contribution is -2.50. The number of nitrogens with one attached hydrogen (secondary N) is 3. The van der Waals surface area contributed by atoms with Crippen LogP contribution in [0.25, 0.3) is 0 Å². The van der Waals surface area contributed by atoms with E-state index in [9.17, 15) is 14.4 Å². The minimum Gasteiger partial charge on any atom is -0.352 e. The van der Waals surface area contributed by atoms with E-state index in [0.29, 0.717) is 16.5 Å². The number of hydrogen-bond acceptors (Lipinski definition) is 4. The van der Waals surface area contributed by atoms with E-state index in [2.05, 4.69) is 31.9 Å². The quantitative estimate of drug-likeness (QED) is 0.518. The van der Waals surface area contributed by atoms with E-state index in [1.165, 1.54) is 6.42 Å². The molecule has 8 heteroatoms. The lowest BCUT2D eigenvalue weighted by Gasteiger charge is -2.23. The second-order valence-corrected chi connectivity index (χ2v) is 8.75. The van der Waals surface area contributed by atoms with E-state index in [0.717, 1.165) is 31.4 Å². The fourth-order valence-electron chi connectivity index (χ4n) is 3.20. The molecule has 154 valence electrons. The highest BCUT2D eigenvalue weighted by atomic mass is 79.9. The molecular weight excluding hydrogens is 442 g/mol. The summed E-state index contributed by atoms with van der Waals surface area (Å²) in [5, 5.41) is 8.43. The summed E-state index contributed by atoms with van der Waals surface area (Å²) in [5.74, 6) is -0.114. The van der Waals surface area contributed by atoms with Crippen molar-refractivity contribution in [1.82, 2.24) is 16.0 Å². The molecule has 0 bridgehead atoms. The zero-order valence-corrected chi connectivity index (χ0v) is 18.5. The van der Waals surface area contributed by atoms with Crippen LogP contribution in [0.5, 0.6) is 0 Å². The smallest absolute Gasteiger partial charge is 0.253 e. The van der Waals surface area contributed by atoms with Crippen molar-refractivity contribution >= 4 is 45.4 Å². The van der Waals surface area contributed by atoms with Gasteiger partial charge in [0.15, 0.2) is 0 Å². The molecule has 1 fully saturated rings. The van der Waals surface area contributed by atoms with Crippen molar-refractivity contribution in [3.05, 3.63) is 34.3 Å². The third kappa shape index (κ3) is 7.47. The van der Waals surface area contributed by atoms with Gasteiger partial charge < -0.3 is 16.0 Å². The number of rotatable bonds is 9. The maximum Gasteiger partial charge on any atom is 0.253 e. The molecule has 1 unspecified atom stereocenters. The minimum atomic E-state index is -0.686. The summed E-state index contributed by atoms with van der Waals surface area (Å²) in [7, 11) is 0. The van der Waals surface area contributed by atoms with Crippen LogP contribution >= 0.6 is 27.7 Å². The Balaban J connectivity index is 1.88. The van der Waals surface area contributed by atoms with Crippen molar-refractivity contribution in [3.63, 3.8) is 0 Å². The number of hydrogen-bond donors (Lipinski definition) is 3. The SMILES string of the molecule is CSCCC(NC(=O)c1ccccc1Br)C(=O)NCC(=O)NC1CCCCC1. The molecule has 1 aliphatic rings. The van der Waals surface area contributed by atoms with Crippen molar-refractivity contribution in [2.24, 2.45) is 0 Å². The average molecular weight is 470 g/mol. The Bertz CT molecular complexity index is 680. The summed E-state index contributed by atoms with van der Waals surface area (Å²) in [4.78, 5) is 37.2. The number of halogens is 1. The van der Waals surface area contributed by atoms with Gasteiger partial charge >= 0.3 is 0 Å². The van der Waals surface area contributed by atoms with Crippen LogP contribution in [0.2, 0.25) is 0 Å². The molecule has 28 heavy (non-hydrogen) atoms. The molecule has 3 amide bonds. The molecule has 1 aromatic carbocycles. The second-order valence-electron chi connectivity index (χ2n) is 6.91. The first-order valence-electron chi connectivity index (χ1n) is 9.62. The number of thioether (sulfide) groups is 1. The first kappa shape index (κ1) is 22.7. The van der Waals surface area contributed by atoms with E-state index >= 15 is 0 Å². The zero-order valence-electron chi connectivity index (χ0n) is 16.1. The Labute approximate surface area is 179 Å². The van der Waals surface area contributed by atoms with E-state index in [4.69, 9.17) is 0 Å². The van der Waals surface area contributed by atoms with E-state index in [1.54, 1.807) is 30.0 Å². The van der Waals surface area contributed by atoms with Gasteiger partial charge in [-0.3, -0.25) is 14.4 Å². The maximum atomic E-state index is 12.6. The fourth-order valence-corrected chi connectivity index (χ4v) is 4.14. The van der Waals surface area contributed by atoms with Crippen LogP contribution in [-0.2, 0) is 9.59 Å². The predicted molar refractivity (Wildman–Crippen MR) is 116 cm³/mol. The third-order valence-corrected chi connectivity index (χ3v) is 6.08. The summed E-state index contributed by atoms with van der Waals surface area (Å²) in [6, 6.07) is 6.59. The van der Waals surface area contributed by atoms with Gasteiger partial charge in [0.1, 0.15) is 6.04 Å². The minimum absolute atomic E-state index is 0.0734. The standard InChI is InChI=1S/C20H28BrN3O3S/c1-28-12-11-17(24-19(26)15-9-5-6-10-16(15)21)20(27)22-13-18(25)23-14-7-3-2-4-8-14/h5-6,9-10,14,17H,2-4,7-8,11-13H2,1H3,(H,22,27)(H,23,25)(H,24,26). The Morgan fingerprint density at radius 3 is 2.57 bits per heavy atom. The van der Waals surface area contributed by atoms with Crippen LogP contribution in [0.1, 0.15) is 48.9 Å². The molecule has 0 saturated heterocycles. The number of carbonyl (C=O) groups is 3. The molecule has 1 atom stereocenters. The van der Waals surface area contributed by atoms with E-state index in [-0.39, 0.29) is 30.3 Å². The topological polar surface area (TPSA) is 87.3 Å². The molecule has 2 rings (SSSR count). The molecule has 1 aromatic rings. The van der Waals surface area contributed by atoms with Crippen LogP contribution in [0.4, 0.5) is 0 Å². The van der Waals surface area contributed by atoms with Crippen molar-refractivity contribution < 1.29 is 14.4 Å².